The number of carbonyl (C=O) groups excluding carboxylic acids is 1. The largest absolute Gasteiger partial charge is 0.467 e. The Balaban J connectivity index is 1.77. The third kappa shape index (κ3) is 5.53. The van der Waals surface area contributed by atoms with Crippen molar-refractivity contribution in [1.82, 2.24) is 20.1 Å². The molecule has 154 valence electrons. The van der Waals surface area contributed by atoms with E-state index in [1.54, 1.807) is 29.8 Å². The minimum absolute atomic E-state index is 0.148. The summed E-state index contributed by atoms with van der Waals surface area (Å²) < 4.78 is 45.8. The second-order valence-electron chi connectivity index (χ2n) is 5.96. The highest BCUT2D eigenvalue weighted by molar-refractivity contribution is 7.99. The van der Waals surface area contributed by atoms with E-state index in [-0.39, 0.29) is 18.2 Å². The highest BCUT2D eigenvalue weighted by atomic mass is 32.2. The lowest BCUT2D eigenvalue weighted by Gasteiger charge is -2.12. The molecule has 2 heterocycles. The summed E-state index contributed by atoms with van der Waals surface area (Å²) in [6.45, 7) is 0.477. The summed E-state index contributed by atoms with van der Waals surface area (Å²) in [4.78, 5) is 11.5. The quantitative estimate of drug-likeness (QED) is 0.538. The van der Waals surface area contributed by atoms with E-state index in [9.17, 15) is 18.0 Å². The summed E-state index contributed by atoms with van der Waals surface area (Å²) in [5.41, 5.74) is -0.423. The van der Waals surface area contributed by atoms with Crippen molar-refractivity contribution in [2.75, 3.05) is 18.1 Å². The molecule has 29 heavy (non-hydrogen) atoms. The molecule has 11 heteroatoms. The smallest absolute Gasteiger partial charge is 0.416 e. The average molecular weight is 425 g/mol. The number of furan rings is 1. The summed E-state index contributed by atoms with van der Waals surface area (Å²) in [6, 6.07) is 8.47. The Kier molecular flexibility index (Phi) is 6.47. The molecule has 3 rings (SSSR count). The van der Waals surface area contributed by atoms with E-state index in [1.165, 1.54) is 24.1 Å². The molecule has 3 aromatic rings. The molecule has 0 aliphatic heterocycles. The summed E-state index contributed by atoms with van der Waals surface area (Å²) in [5, 5.41) is 14.2. The number of alkyl halides is 3. The molecule has 0 aliphatic rings. The molecule has 1 aromatic carbocycles. The van der Waals surface area contributed by atoms with Gasteiger partial charge in [0.25, 0.3) is 0 Å². The maximum Gasteiger partial charge on any atom is 0.416 e. The van der Waals surface area contributed by atoms with E-state index in [0.29, 0.717) is 29.0 Å². The molecule has 1 amide bonds. The number of thioether (sulfide) groups is 1. The Morgan fingerprint density at radius 3 is 2.76 bits per heavy atom. The minimum Gasteiger partial charge on any atom is -0.467 e. The van der Waals surface area contributed by atoms with Gasteiger partial charge in [0.05, 0.1) is 30.7 Å². The van der Waals surface area contributed by atoms with Crippen LogP contribution in [0.2, 0.25) is 0 Å². The van der Waals surface area contributed by atoms with Gasteiger partial charge in [-0.05, 0) is 30.3 Å². The van der Waals surface area contributed by atoms with Crippen LogP contribution in [0, 0.1) is 0 Å². The Hall–Kier alpha value is -2.95. The molecule has 0 saturated carbocycles. The van der Waals surface area contributed by atoms with Crippen LogP contribution in [-0.4, -0.2) is 33.5 Å². The van der Waals surface area contributed by atoms with Gasteiger partial charge in [-0.15, -0.1) is 10.2 Å². The fraction of sp³-hybridized carbons (Fsp3) is 0.278. The molecule has 0 fully saturated rings. The fourth-order valence-corrected chi connectivity index (χ4v) is 3.29. The summed E-state index contributed by atoms with van der Waals surface area (Å²) in [6.07, 6.45) is -2.88. The summed E-state index contributed by atoms with van der Waals surface area (Å²) in [7, 11) is 1.54. The molecule has 7 nitrogen and oxygen atoms in total. The van der Waals surface area contributed by atoms with E-state index in [2.05, 4.69) is 20.8 Å². The zero-order chi connectivity index (χ0) is 20.9. The van der Waals surface area contributed by atoms with E-state index in [1.807, 2.05) is 0 Å². The van der Waals surface area contributed by atoms with Gasteiger partial charge < -0.3 is 15.1 Å². The first kappa shape index (κ1) is 20.8. The lowest BCUT2D eigenvalue weighted by molar-refractivity contribution is -0.137. The molecule has 0 saturated heterocycles. The topological polar surface area (TPSA) is 85.0 Å². The van der Waals surface area contributed by atoms with E-state index in [4.69, 9.17) is 4.42 Å². The van der Waals surface area contributed by atoms with Gasteiger partial charge in [0, 0.05) is 12.7 Å². The summed E-state index contributed by atoms with van der Waals surface area (Å²) in [5.74, 6) is 1.16. The predicted molar refractivity (Wildman–Crippen MR) is 101 cm³/mol. The van der Waals surface area contributed by atoms with Crippen LogP contribution in [0.4, 0.5) is 18.9 Å². The maximum atomic E-state index is 12.9. The second-order valence-corrected chi connectivity index (χ2v) is 6.90. The Labute approximate surface area is 168 Å². The molecule has 0 atom stereocenters. The monoisotopic (exact) mass is 425 g/mol. The molecule has 0 bridgehead atoms. The minimum atomic E-state index is -4.42. The average Bonchev–Trinajstić information content (AvgIpc) is 3.34. The van der Waals surface area contributed by atoms with Crippen LogP contribution < -0.4 is 10.6 Å². The van der Waals surface area contributed by atoms with Crippen LogP contribution in [-0.2, 0) is 24.1 Å². The fourth-order valence-electron chi connectivity index (χ4n) is 2.46. The third-order valence-corrected chi connectivity index (χ3v) is 4.91. The van der Waals surface area contributed by atoms with Gasteiger partial charge in [0.2, 0.25) is 5.91 Å². The van der Waals surface area contributed by atoms with Gasteiger partial charge >= 0.3 is 6.18 Å². The van der Waals surface area contributed by atoms with Gasteiger partial charge in [-0.2, -0.15) is 13.2 Å². The molecule has 0 spiro atoms. The van der Waals surface area contributed by atoms with E-state index >= 15 is 0 Å². The maximum absolute atomic E-state index is 12.9. The first-order chi connectivity index (χ1) is 13.9. The van der Waals surface area contributed by atoms with Crippen LogP contribution in [0.3, 0.4) is 0 Å². The SMILES string of the molecule is CNC(=O)CSc1nnc(CNc2cccc(C(F)(F)F)c2)n1Cc1ccco1. The van der Waals surface area contributed by atoms with Crippen molar-refractivity contribution in [2.24, 2.45) is 0 Å². The number of nitrogens with zero attached hydrogens (tertiary/aromatic N) is 3. The number of amides is 1. The van der Waals surface area contributed by atoms with Crippen molar-refractivity contribution in [3.05, 3.63) is 59.8 Å². The van der Waals surface area contributed by atoms with Crippen molar-refractivity contribution in [3.8, 4) is 0 Å². The van der Waals surface area contributed by atoms with Crippen LogP contribution >= 0.6 is 11.8 Å². The zero-order valence-electron chi connectivity index (χ0n) is 15.4. The zero-order valence-corrected chi connectivity index (χ0v) is 16.2. The normalized spacial score (nSPS) is 11.4. The van der Waals surface area contributed by atoms with Crippen LogP contribution in [0.1, 0.15) is 17.1 Å². The number of halogens is 3. The molecule has 0 radical (unpaired) electrons. The highest BCUT2D eigenvalue weighted by Crippen LogP contribution is 2.30. The lowest BCUT2D eigenvalue weighted by atomic mass is 10.2. The van der Waals surface area contributed by atoms with Gasteiger partial charge in [-0.25, -0.2) is 0 Å². The van der Waals surface area contributed by atoms with Crippen LogP contribution in [0.25, 0.3) is 0 Å². The van der Waals surface area contributed by atoms with Crippen molar-refractivity contribution < 1.29 is 22.4 Å². The number of hydrogen-bond acceptors (Lipinski definition) is 6. The Morgan fingerprint density at radius 1 is 1.24 bits per heavy atom. The third-order valence-electron chi connectivity index (χ3n) is 3.94. The Bertz CT molecular complexity index is 957. The van der Waals surface area contributed by atoms with Gasteiger partial charge in [0.15, 0.2) is 11.0 Å². The predicted octanol–water partition coefficient (Wildman–Crippen LogP) is 3.39. The first-order valence-corrected chi connectivity index (χ1v) is 9.54. The number of anilines is 1. The lowest BCUT2D eigenvalue weighted by Crippen LogP contribution is -2.20. The number of benzene rings is 1. The van der Waals surface area contributed by atoms with Crippen molar-refractivity contribution in [1.29, 1.82) is 0 Å². The molecular weight excluding hydrogens is 407 g/mol. The molecule has 0 unspecified atom stereocenters. The number of rotatable bonds is 8. The van der Waals surface area contributed by atoms with Gasteiger partial charge in [-0.3, -0.25) is 9.36 Å². The first-order valence-electron chi connectivity index (χ1n) is 8.56. The number of nitrogens with one attached hydrogen (secondary N) is 2. The molecular formula is C18H18F3N5O2S. The van der Waals surface area contributed by atoms with Crippen LogP contribution in [0.5, 0.6) is 0 Å². The van der Waals surface area contributed by atoms with Gasteiger partial charge in [0.1, 0.15) is 5.76 Å². The van der Waals surface area contributed by atoms with Crippen LogP contribution in [0.15, 0.2) is 52.2 Å². The van der Waals surface area contributed by atoms with E-state index in [0.717, 1.165) is 12.1 Å². The molecule has 2 aromatic heterocycles. The van der Waals surface area contributed by atoms with Crippen molar-refractivity contribution in [2.45, 2.75) is 24.4 Å². The van der Waals surface area contributed by atoms with E-state index < -0.39 is 11.7 Å². The number of carbonyl (C=O) groups is 1. The van der Waals surface area contributed by atoms with Crippen molar-refractivity contribution >= 4 is 23.4 Å². The highest BCUT2D eigenvalue weighted by Gasteiger charge is 2.30. The van der Waals surface area contributed by atoms with Gasteiger partial charge in [-0.1, -0.05) is 17.8 Å². The second kappa shape index (κ2) is 9.03. The molecule has 2 N–H and O–H groups in total. The van der Waals surface area contributed by atoms with Crippen molar-refractivity contribution in [3.63, 3.8) is 0 Å². The standard InChI is InChI=1S/C18H18F3N5O2S/c1-22-16(27)11-29-17-25-24-15(26(17)10-14-6-3-7-28-14)9-23-13-5-2-4-12(8-13)18(19,20)21/h2-8,23H,9-11H2,1H3,(H,22,27). The molecule has 0 aliphatic carbocycles. The number of aromatic nitrogens is 3. The summed E-state index contributed by atoms with van der Waals surface area (Å²) >= 11 is 1.21. The Morgan fingerprint density at radius 2 is 2.07 bits per heavy atom. The number of hydrogen-bond donors (Lipinski definition) is 2.